The quantitative estimate of drug-likeness (QED) is 0.731. The lowest BCUT2D eigenvalue weighted by atomic mass is 9.99. The van der Waals surface area contributed by atoms with Crippen LogP contribution in [0.5, 0.6) is 5.75 Å². The molecule has 150 valence electrons. The van der Waals surface area contributed by atoms with Gasteiger partial charge in [0.2, 0.25) is 0 Å². The molecule has 2 aromatic carbocycles. The second kappa shape index (κ2) is 9.66. The molecular weight excluding hydrogens is 357 g/mol. The number of amides is 1. The van der Waals surface area contributed by atoms with Crippen LogP contribution in [0.2, 0.25) is 0 Å². The number of ether oxygens (including phenoxy) is 1. The first-order chi connectivity index (χ1) is 13.6. The van der Waals surface area contributed by atoms with Gasteiger partial charge in [-0.3, -0.25) is 4.79 Å². The van der Waals surface area contributed by atoms with E-state index in [1.54, 1.807) is 30.3 Å². The first-order valence-corrected chi connectivity index (χ1v) is 9.90. The molecule has 5 nitrogen and oxygen atoms in total. The highest BCUT2D eigenvalue weighted by Gasteiger charge is 2.18. The highest BCUT2D eigenvalue weighted by atomic mass is 19.1. The molecule has 0 saturated carbocycles. The van der Waals surface area contributed by atoms with Crippen LogP contribution in [0.4, 0.5) is 10.1 Å². The van der Waals surface area contributed by atoms with Crippen molar-refractivity contribution in [2.45, 2.75) is 26.8 Å². The van der Waals surface area contributed by atoms with Crippen molar-refractivity contribution in [3.8, 4) is 5.75 Å². The van der Waals surface area contributed by atoms with Gasteiger partial charge >= 0.3 is 0 Å². The number of hydrogen-bond acceptors (Lipinski definition) is 4. The molecule has 1 heterocycles. The van der Waals surface area contributed by atoms with Gasteiger partial charge in [0.05, 0.1) is 5.69 Å². The van der Waals surface area contributed by atoms with Gasteiger partial charge < -0.3 is 20.3 Å². The van der Waals surface area contributed by atoms with Gasteiger partial charge in [-0.25, -0.2) is 4.39 Å². The summed E-state index contributed by atoms with van der Waals surface area (Å²) in [5.41, 5.74) is 2.33. The molecule has 0 radical (unpaired) electrons. The van der Waals surface area contributed by atoms with Crippen molar-refractivity contribution in [1.82, 2.24) is 10.2 Å². The van der Waals surface area contributed by atoms with Crippen molar-refractivity contribution in [1.29, 1.82) is 0 Å². The molecule has 0 aliphatic carbocycles. The summed E-state index contributed by atoms with van der Waals surface area (Å²) in [5.74, 6) is 0.0577. The normalized spacial score (nSPS) is 13.3. The van der Waals surface area contributed by atoms with E-state index in [0.29, 0.717) is 30.7 Å². The first-order valence-electron chi connectivity index (χ1n) is 9.90. The summed E-state index contributed by atoms with van der Waals surface area (Å²) in [6.45, 7) is 9.11. The van der Waals surface area contributed by atoms with Crippen molar-refractivity contribution >= 4 is 11.6 Å². The Morgan fingerprint density at radius 3 is 2.64 bits per heavy atom. The van der Waals surface area contributed by atoms with Crippen molar-refractivity contribution in [2.24, 2.45) is 0 Å². The van der Waals surface area contributed by atoms with E-state index in [9.17, 15) is 9.18 Å². The predicted molar refractivity (Wildman–Crippen MR) is 109 cm³/mol. The average molecular weight is 385 g/mol. The third-order valence-corrected chi connectivity index (χ3v) is 5.14. The molecule has 2 N–H and O–H groups in total. The highest BCUT2D eigenvalue weighted by molar-refractivity contribution is 6.04. The Bertz CT molecular complexity index is 804. The fourth-order valence-corrected chi connectivity index (χ4v) is 3.36. The molecule has 1 amide bonds. The van der Waals surface area contributed by atoms with Gasteiger partial charge in [-0.05, 0) is 67.5 Å². The van der Waals surface area contributed by atoms with Crippen LogP contribution in [-0.2, 0) is 13.0 Å². The highest BCUT2D eigenvalue weighted by Crippen LogP contribution is 2.25. The summed E-state index contributed by atoms with van der Waals surface area (Å²) in [7, 11) is 0. The molecule has 3 rings (SSSR count). The minimum absolute atomic E-state index is 0.227. The SMILES string of the molecule is CCN(CC)CCOc1ccc(C(=O)Nc2ccc3c(c2F)CCNC3)cc1. The monoisotopic (exact) mass is 385 g/mol. The number of nitrogens with zero attached hydrogens (tertiary/aromatic N) is 1. The topological polar surface area (TPSA) is 53.6 Å². The maximum atomic E-state index is 14.7. The lowest BCUT2D eigenvalue weighted by Crippen LogP contribution is -2.27. The van der Waals surface area contributed by atoms with E-state index in [0.717, 1.165) is 37.5 Å². The van der Waals surface area contributed by atoms with Crippen molar-refractivity contribution < 1.29 is 13.9 Å². The number of rotatable bonds is 8. The van der Waals surface area contributed by atoms with Crippen LogP contribution in [0.25, 0.3) is 0 Å². The van der Waals surface area contributed by atoms with Crippen LogP contribution >= 0.6 is 0 Å². The number of fused-ring (bicyclic) bond motifs is 1. The molecule has 28 heavy (non-hydrogen) atoms. The molecule has 0 unspecified atom stereocenters. The molecule has 1 aliphatic rings. The second-order valence-electron chi connectivity index (χ2n) is 6.85. The number of carbonyl (C=O) groups is 1. The number of benzene rings is 2. The largest absolute Gasteiger partial charge is 0.492 e. The minimum atomic E-state index is -0.331. The van der Waals surface area contributed by atoms with Crippen LogP contribution in [0.3, 0.4) is 0 Å². The summed E-state index contributed by atoms with van der Waals surface area (Å²) < 4.78 is 20.4. The van der Waals surface area contributed by atoms with Crippen LogP contribution in [0.15, 0.2) is 36.4 Å². The van der Waals surface area contributed by atoms with Gasteiger partial charge in [-0.1, -0.05) is 19.9 Å². The zero-order chi connectivity index (χ0) is 19.9. The fraction of sp³-hybridized carbons (Fsp3) is 0.409. The third kappa shape index (κ3) is 4.88. The Labute approximate surface area is 165 Å². The maximum Gasteiger partial charge on any atom is 0.255 e. The van der Waals surface area contributed by atoms with E-state index in [2.05, 4.69) is 29.4 Å². The van der Waals surface area contributed by atoms with Crippen LogP contribution in [0, 0.1) is 5.82 Å². The second-order valence-corrected chi connectivity index (χ2v) is 6.85. The van der Waals surface area contributed by atoms with Crippen LogP contribution in [0.1, 0.15) is 35.3 Å². The molecule has 0 spiro atoms. The summed E-state index contributed by atoms with van der Waals surface area (Å²) in [6.07, 6.45) is 0.629. The Kier molecular flexibility index (Phi) is 7.01. The minimum Gasteiger partial charge on any atom is -0.492 e. The average Bonchev–Trinajstić information content (AvgIpc) is 2.74. The molecule has 6 heteroatoms. The Balaban J connectivity index is 1.59. The molecule has 0 aromatic heterocycles. The Morgan fingerprint density at radius 1 is 1.18 bits per heavy atom. The number of halogens is 1. The standard InChI is InChI=1S/C22H28FN3O2/c1-3-26(4-2)13-14-28-18-8-5-16(6-9-18)22(27)25-20-10-7-17-15-24-12-11-19(17)21(20)23/h5-10,24H,3-4,11-15H2,1-2H3,(H,25,27). The number of nitrogens with one attached hydrogen (secondary N) is 2. The van der Waals surface area contributed by atoms with Gasteiger partial charge in [0.25, 0.3) is 5.91 Å². The van der Waals surface area contributed by atoms with Gasteiger partial charge in [-0.2, -0.15) is 0 Å². The molecule has 0 fully saturated rings. The molecule has 0 saturated heterocycles. The molecule has 0 bridgehead atoms. The zero-order valence-corrected chi connectivity index (χ0v) is 16.6. The predicted octanol–water partition coefficient (Wildman–Crippen LogP) is 3.44. The summed E-state index contributed by atoms with van der Waals surface area (Å²) in [5, 5.41) is 5.91. The number of carbonyl (C=O) groups excluding carboxylic acids is 1. The van der Waals surface area contributed by atoms with Crippen molar-refractivity contribution in [3.63, 3.8) is 0 Å². The van der Waals surface area contributed by atoms with Gasteiger partial charge in [0.15, 0.2) is 0 Å². The molecular formula is C22H28FN3O2. The lowest BCUT2D eigenvalue weighted by Gasteiger charge is -2.19. The molecule has 0 atom stereocenters. The maximum absolute atomic E-state index is 14.7. The first kappa shape index (κ1) is 20.3. The van der Waals surface area contributed by atoms with Crippen molar-refractivity contribution in [2.75, 3.05) is 38.1 Å². The zero-order valence-electron chi connectivity index (χ0n) is 16.6. The smallest absolute Gasteiger partial charge is 0.255 e. The van der Waals surface area contributed by atoms with Gasteiger partial charge in [0, 0.05) is 18.7 Å². The van der Waals surface area contributed by atoms with Crippen LogP contribution in [-0.4, -0.2) is 43.6 Å². The van der Waals surface area contributed by atoms with E-state index >= 15 is 0 Å². The number of likely N-dealkylation sites (N-methyl/N-ethyl adjacent to an activating group) is 1. The lowest BCUT2D eigenvalue weighted by molar-refractivity contribution is 0.102. The van der Waals surface area contributed by atoms with Gasteiger partial charge in [-0.15, -0.1) is 0 Å². The molecule has 2 aromatic rings. The van der Waals surface area contributed by atoms with Crippen LogP contribution < -0.4 is 15.4 Å². The van der Waals surface area contributed by atoms with E-state index in [1.165, 1.54) is 0 Å². The summed E-state index contributed by atoms with van der Waals surface area (Å²) in [4.78, 5) is 14.8. The summed E-state index contributed by atoms with van der Waals surface area (Å²) in [6, 6.07) is 10.4. The molecule has 1 aliphatic heterocycles. The fourth-order valence-electron chi connectivity index (χ4n) is 3.36. The van der Waals surface area contributed by atoms with E-state index < -0.39 is 0 Å². The number of hydrogen-bond donors (Lipinski definition) is 2. The van der Waals surface area contributed by atoms with E-state index in [-0.39, 0.29) is 17.4 Å². The third-order valence-electron chi connectivity index (χ3n) is 5.14. The van der Waals surface area contributed by atoms with Gasteiger partial charge in [0.1, 0.15) is 18.2 Å². The summed E-state index contributed by atoms with van der Waals surface area (Å²) >= 11 is 0. The Hall–Kier alpha value is -2.44. The Morgan fingerprint density at radius 2 is 1.93 bits per heavy atom. The van der Waals surface area contributed by atoms with E-state index in [4.69, 9.17) is 4.74 Å². The van der Waals surface area contributed by atoms with E-state index in [1.807, 2.05) is 6.07 Å². The number of anilines is 1. The van der Waals surface area contributed by atoms with Crippen molar-refractivity contribution in [3.05, 3.63) is 58.9 Å².